The molecule has 0 spiro atoms. The Bertz CT molecular complexity index is 499. The molecule has 2 fully saturated rings. The van der Waals surface area contributed by atoms with E-state index < -0.39 is 0 Å². The van der Waals surface area contributed by atoms with Crippen molar-refractivity contribution >= 4 is 5.91 Å². The normalized spacial score (nSPS) is 22.8. The first-order valence-electron chi connectivity index (χ1n) is 8.86. The maximum absolute atomic E-state index is 12.2. The van der Waals surface area contributed by atoms with Crippen LogP contribution in [-0.2, 0) is 16.1 Å². The SMILES string of the molecule is CN1CCCC[C@@H]1CCC(=O)N1CC(OCc2ccccc2)C1. The molecular formula is C19H28N2O2. The number of nitrogens with zero attached hydrogens (tertiary/aromatic N) is 2. The predicted octanol–water partition coefficient (Wildman–Crippen LogP) is 2.68. The van der Waals surface area contributed by atoms with Gasteiger partial charge in [-0.2, -0.15) is 0 Å². The molecular weight excluding hydrogens is 288 g/mol. The lowest BCUT2D eigenvalue weighted by molar-refractivity contribution is -0.146. The molecule has 0 unspecified atom stereocenters. The topological polar surface area (TPSA) is 32.8 Å². The smallest absolute Gasteiger partial charge is 0.222 e. The zero-order valence-electron chi connectivity index (χ0n) is 14.1. The summed E-state index contributed by atoms with van der Waals surface area (Å²) in [5.41, 5.74) is 1.19. The van der Waals surface area contributed by atoms with Crippen LogP contribution in [0, 0.1) is 0 Å². The molecule has 2 saturated heterocycles. The highest BCUT2D eigenvalue weighted by Crippen LogP contribution is 2.21. The zero-order valence-corrected chi connectivity index (χ0v) is 14.1. The van der Waals surface area contributed by atoms with Gasteiger partial charge in [-0.25, -0.2) is 0 Å². The number of rotatable bonds is 6. The third-order valence-electron chi connectivity index (χ3n) is 5.14. The summed E-state index contributed by atoms with van der Waals surface area (Å²) < 4.78 is 5.85. The van der Waals surface area contributed by atoms with Gasteiger partial charge in [0.15, 0.2) is 0 Å². The van der Waals surface area contributed by atoms with Crippen LogP contribution in [0.25, 0.3) is 0 Å². The molecule has 2 heterocycles. The van der Waals surface area contributed by atoms with E-state index in [2.05, 4.69) is 24.1 Å². The van der Waals surface area contributed by atoms with Crippen LogP contribution in [-0.4, -0.2) is 54.5 Å². The molecule has 23 heavy (non-hydrogen) atoms. The van der Waals surface area contributed by atoms with Crippen molar-refractivity contribution in [2.75, 3.05) is 26.7 Å². The third kappa shape index (κ3) is 4.55. The lowest BCUT2D eigenvalue weighted by Gasteiger charge is -2.39. The first-order valence-corrected chi connectivity index (χ1v) is 8.86. The number of hydrogen-bond donors (Lipinski definition) is 0. The first kappa shape index (κ1) is 16.5. The van der Waals surface area contributed by atoms with Gasteiger partial charge in [-0.15, -0.1) is 0 Å². The Labute approximate surface area is 139 Å². The van der Waals surface area contributed by atoms with Crippen molar-refractivity contribution in [3.63, 3.8) is 0 Å². The largest absolute Gasteiger partial charge is 0.370 e. The van der Waals surface area contributed by atoms with Gasteiger partial charge in [0.05, 0.1) is 12.7 Å². The summed E-state index contributed by atoms with van der Waals surface area (Å²) in [5, 5.41) is 0. The van der Waals surface area contributed by atoms with Crippen LogP contribution in [0.2, 0.25) is 0 Å². The molecule has 126 valence electrons. The maximum atomic E-state index is 12.2. The Hall–Kier alpha value is -1.39. The van der Waals surface area contributed by atoms with Crippen LogP contribution in [0.1, 0.15) is 37.7 Å². The predicted molar refractivity (Wildman–Crippen MR) is 91.1 cm³/mol. The van der Waals surface area contributed by atoms with E-state index in [1.807, 2.05) is 23.1 Å². The molecule has 0 bridgehead atoms. The lowest BCUT2D eigenvalue weighted by atomic mass is 9.98. The van der Waals surface area contributed by atoms with Crippen LogP contribution in [0.15, 0.2) is 30.3 Å². The van der Waals surface area contributed by atoms with Gasteiger partial charge in [-0.3, -0.25) is 4.79 Å². The average molecular weight is 316 g/mol. The zero-order chi connectivity index (χ0) is 16.1. The quantitative estimate of drug-likeness (QED) is 0.809. The van der Waals surface area contributed by atoms with Crippen molar-refractivity contribution in [3.05, 3.63) is 35.9 Å². The van der Waals surface area contributed by atoms with E-state index in [1.165, 1.54) is 31.4 Å². The molecule has 3 rings (SSSR count). The van der Waals surface area contributed by atoms with Crippen molar-refractivity contribution in [3.8, 4) is 0 Å². The van der Waals surface area contributed by atoms with Crippen molar-refractivity contribution in [2.45, 2.75) is 50.9 Å². The highest BCUT2D eigenvalue weighted by molar-refractivity contribution is 5.77. The fourth-order valence-electron chi connectivity index (χ4n) is 3.49. The van der Waals surface area contributed by atoms with Gasteiger partial charge in [0.25, 0.3) is 0 Å². The number of hydrogen-bond acceptors (Lipinski definition) is 3. The Morgan fingerprint density at radius 1 is 1.22 bits per heavy atom. The lowest BCUT2D eigenvalue weighted by Crippen LogP contribution is -2.54. The fourth-order valence-corrected chi connectivity index (χ4v) is 3.49. The van der Waals surface area contributed by atoms with E-state index in [9.17, 15) is 4.79 Å². The number of benzene rings is 1. The second kappa shape index (κ2) is 7.93. The second-order valence-corrected chi connectivity index (χ2v) is 6.89. The summed E-state index contributed by atoms with van der Waals surface area (Å²) in [7, 11) is 2.19. The number of ether oxygens (including phenoxy) is 1. The number of carbonyl (C=O) groups is 1. The third-order valence-corrected chi connectivity index (χ3v) is 5.14. The summed E-state index contributed by atoms with van der Waals surface area (Å²) in [5.74, 6) is 0.295. The minimum atomic E-state index is 0.205. The van der Waals surface area contributed by atoms with Gasteiger partial charge in [-0.05, 0) is 38.4 Å². The molecule has 1 amide bonds. The minimum Gasteiger partial charge on any atom is -0.370 e. The molecule has 1 aromatic carbocycles. The van der Waals surface area contributed by atoms with Crippen molar-refractivity contribution in [1.29, 1.82) is 0 Å². The standard InChI is InChI=1S/C19H28N2O2/c1-20-12-6-5-9-17(20)10-11-19(22)21-13-18(14-21)23-15-16-7-3-2-4-8-16/h2-4,7-8,17-18H,5-6,9-15H2,1H3/t17-/m1/s1. The van der Waals surface area contributed by atoms with Crippen molar-refractivity contribution < 1.29 is 9.53 Å². The maximum Gasteiger partial charge on any atom is 0.222 e. The highest BCUT2D eigenvalue weighted by atomic mass is 16.5. The molecule has 0 aliphatic carbocycles. The second-order valence-electron chi connectivity index (χ2n) is 6.89. The van der Waals surface area contributed by atoms with E-state index in [-0.39, 0.29) is 6.10 Å². The van der Waals surface area contributed by atoms with Gasteiger partial charge in [0.2, 0.25) is 5.91 Å². The Balaban J connectivity index is 1.32. The molecule has 4 nitrogen and oxygen atoms in total. The summed E-state index contributed by atoms with van der Waals surface area (Å²) in [6.07, 6.45) is 5.74. The van der Waals surface area contributed by atoms with Gasteiger partial charge < -0.3 is 14.5 Å². The first-order chi connectivity index (χ1) is 11.2. The number of amides is 1. The van der Waals surface area contributed by atoms with E-state index in [0.29, 0.717) is 25.0 Å². The number of piperidine rings is 1. The monoisotopic (exact) mass is 316 g/mol. The van der Waals surface area contributed by atoms with E-state index in [0.717, 1.165) is 19.5 Å². The summed E-state index contributed by atoms with van der Waals surface area (Å²) in [6, 6.07) is 10.8. The Morgan fingerprint density at radius 2 is 2.00 bits per heavy atom. The molecule has 0 aromatic heterocycles. The highest BCUT2D eigenvalue weighted by Gasteiger charge is 2.31. The molecule has 0 radical (unpaired) electrons. The molecule has 2 aliphatic heterocycles. The molecule has 0 saturated carbocycles. The number of likely N-dealkylation sites (tertiary alicyclic amines) is 2. The van der Waals surface area contributed by atoms with Crippen molar-refractivity contribution in [2.24, 2.45) is 0 Å². The summed E-state index contributed by atoms with van der Waals surface area (Å²) >= 11 is 0. The van der Waals surface area contributed by atoms with Gasteiger partial charge in [0.1, 0.15) is 0 Å². The molecule has 2 aliphatic rings. The van der Waals surface area contributed by atoms with Crippen LogP contribution >= 0.6 is 0 Å². The van der Waals surface area contributed by atoms with Crippen LogP contribution in [0.3, 0.4) is 0 Å². The van der Waals surface area contributed by atoms with Crippen molar-refractivity contribution in [1.82, 2.24) is 9.80 Å². The average Bonchev–Trinajstić information content (AvgIpc) is 2.53. The van der Waals surface area contributed by atoms with E-state index >= 15 is 0 Å². The molecule has 1 aromatic rings. The summed E-state index contributed by atoms with van der Waals surface area (Å²) in [6.45, 7) is 3.33. The van der Waals surface area contributed by atoms with Gasteiger partial charge >= 0.3 is 0 Å². The van der Waals surface area contributed by atoms with E-state index in [4.69, 9.17) is 4.74 Å². The van der Waals surface area contributed by atoms with Crippen LogP contribution < -0.4 is 0 Å². The number of carbonyl (C=O) groups excluding carboxylic acids is 1. The molecule has 1 atom stereocenters. The summed E-state index contributed by atoms with van der Waals surface area (Å²) in [4.78, 5) is 16.6. The van der Waals surface area contributed by atoms with E-state index in [1.54, 1.807) is 0 Å². The van der Waals surface area contributed by atoms with Crippen LogP contribution in [0.5, 0.6) is 0 Å². The minimum absolute atomic E-state index is 0.205. The fraction of sp³-hybridized carbons (Fsp3) is 0.632. The molecule has 4 heteroatoms. The Kier molecular flexibility index (Phi) is 5.68. The molecule has 0 N–H and O–H groups in total. The van der Waals surface area contributed by atoms with Gasteiger partial charge in [-0.1, -0.05) is 36.8 Å². The Morgan fingerprint density at radius 3 is 2.74 bits per heavy atom. The van der Waals surface area contributed by atoms with Gasteiger partial charge in [0, 0.05) is 25.6 Å². The van der Waals surface area contributed by atoms with Crippen LogP contribution in [0.4, 0.5) is 0 Å².